The SMILES string of the molecule is CC[C@H](C)N(Cc1cc(NC(=O)NC(C)C)ccc1N(C)C)C(=O)C(C)C. The van der Waals surface area contributed by atoms with Crippen molar-refractivity contribution in [2.75, 3.05) is 24.3 Å². The fraction of sp³-hybridized carbons (Fsp3) is 0.619. The molecule has 0 spiro atoms. The standard InChI is InChI=1S/C21H36N4O2/c1-9-16(6)25(20(26)14(2)3)13-17-12-18(10-11-19(17)24(7)8)23-21(27)22-15(4)5/h10-12,14-16H,9,13H2,1-8H3,(H2,22,23,27)/t16-/m0/s1. The van der Waals surface area contributed by atoms with Crippen molar-refractivity contribution >= 4 is 23.3 Å². The summed E-state index contributed by atoms with van der Waals surface area (Å²) in [6, 6.07) is 5.81. The Kier molecular flexibility index (Phi) is 8.60. The van der Waals surface area contributed by atoms with Gasteiger partial charge in [0.15, 0.2) is 0 Å². The van der Waals surface area contributed by atoms with Gasteiger partial charge in [-0.25, -0.2) is 4.79 Å². The van der Waals surface area contributed by atoms with E-state index in [1.165, 1.54) is 0 Å². The van der Waals surface area contributed by atoms with Crippen molar-refractivity contribution < 1.29 is 9.59 Å². The lowest BCUT2D eigenvalue weighted by Crippen LogP contribution is -2.40. The number of nitrogens with zero attached hydrogens (tertiary/aromatic N) is 2. The number of hydrogen-bond acceptors (Lipinski definition) is 3. The third-order valence-electron chi connectivity index (χ3n) is 4.48. The van der Waals surface area contributed by atoms with Gasteiger partial charge >= 0.3 is 6.03 Å². The summed E-state index contributed by atoms with van der Waals surface area (Å²) in [6.45, 7) is 12.4. The van der Waals surface area contributed by atoms with Crippen LogP contribution in [0.3, 0.4) is 0 Å². The average Bonchev–Trinajstić information content (AvgIpc) is 2.57. The number of anilines is 2. The van der Waals surface area contributed by atoms with Gasteiger partial charge in [-0.3, -0.25) is 4.79 Å². The summed E-state index contributed by atoms with van der Waals surface area (Å²) in [6.07, 6.45) is 0.893. The van der Waals surface area contributed by atoms with Gasteiger partial charge in [-0.05, 0) is 51.0 Å². The first kappa shape index (κ1) is 22.8. The van der Waals surface area contributed by atoms with Crippen molar-refractivity contribution in [1.82, 2.24) is 10.2 Å². The van der Waals surface area contributed by atoms with Gasteiger partial charge in [0.25, 0.3) is 0 Å². The average molecular weight is 377 g/mol. The maximum absolute atomic E-state index is 12.7. The number of amides is 3. The maximum atomic E-state index is 12.7. The molecule has 152 valence electrons. The molecular weight excluding hydrogens is 340 g/mol. The van der Waals surface area contributed by atoms with E-state index in [0.29, 0.717) is 6.54 Å². The fourth-order valence-corrected chi connectivity index (χ4v) is 2.84. The molecule has 0 heterocycles. The molecular formula is C21H36N4O2. The predicted molar refractivity (Wildman–Crippen MR) is 113 cm³/mol. The topological polar surface area (TPSA) is 64.7 Å². The lowest BCUT2D eigenvalue weighted by Gasteiger charge is -2.32. The van der Waals surface area contributed by atoms with Gasteiger partial charge in [0, 0.05) is 50.0 Å². The van der Waals surface area contributed by atoms with Gasteiger partial charge in [0.2, 0.25) is 5.91 Å². The smallest absolute Gasteiger partial charge is 0.319 e. The molecule has 0 aliphatic rings. The number of nitrogens with one attached hydrogen (secondary N) is 2. The molecule has 0 saturated carbocycles. The van der Waals surface area contributed by atoms with Crippen LogP contribution in [0, 0.1) is 5.92 Å². The summed E-state index contributed by atoms with van der Waals surface area (Å²) < 4.78 is 0. The Morgan fingerprint density at radius 3 is 2.19 bits per heavy atom. The van der Waals surface area contributed by atoms with Crippen LogP contribution in [0.25, 0.3) is 0 Å². The van der Waals surface area contributed by atoms with Crippen LogP contribution in [0.1, 0.15) is 53.5 Å². The molecule has 1 aromatic carbocycles. The van der Waals surface area contributed by atoms with Crippen LogP contribution < -0.4 is 15.5 Å². The Balaban J connectivity index is 3.18. The van der Waals surface area contributed by atoms with E-state index in [9.17, 15) is 9.59 Å². The summed E-state index contributed by atoms with van der Waals surface area (Å²) in [5.74, 6) is 0.0879. The van der Waals surface area contributed by atoms with Crippen molar-refractivity contribution in [1.29, 1.82) is 0 Å². The van der Waals surface area contributed by atoms with Gasteiger partial charge in [-0.2, -0.15) is 0 Å². The summed E-state index contributed by atoms with van der Waals surface area (Å²) in [4.78, 5) is 28.7. The van der Waals surface area contributed by atoms with E-state index in [1.807, 2.05) is 69.8 Å². The van der Waals surface area contributed by atoms with E-state index in [-0.39, 0.29) is 29.9 Å². The second-order valence-electron chi connectivity index (χ2n) is 7.87. The highest BCUT2D eigenvalue weighted by Gasteiger charge is 2.23. The van der Waals surface area contributed by atoms with E-state index in [4.69, 9.17) is 0 Å². The van der Waals surface area contributed by atoms with Crippen molar-refractivity contribution in [3.63, 3.8) is 0 Å². The summed E-state index contributed by atoms with van der Waals surface area (Å²) in [5, 5.41) is 5.70. The molecule has 1 atom stereocenters. The Morgan fingerprint density at radius 2 is 1.70 bits per heavy atom. The lowest BCUT2D eigenvalue weighted by molar-refractivity contribution is -0.137. The highest BCUT2D eigenvalue weighted by atomic mass is 16.2. The zero-order valence-electron chi connectivity index (χ0n) is 18.1. The van der Waals surface area contributed by atoms with Gasteiger partial charge in [0.05, 0.1) is 0 Å². The predicted octanol–water partition coefficient (Wildman–Crippen LogP) is 4.07. The lowest BCUT2D eigenvalue weighted by atomic mass is 10.1. The third kappa shape index (κ3) is 6.77. The minimum absolute atomic E-state index is 0.0556. The molecule has 0 fully saturated rings. The Bertz CT molecular complexity index is 641. The Morgan fingerprint density at radius 1 is 1.07 bits per heavy atom. The van der Waals surface area contributed by atoms with E-state index in [0.717, 1.165) is 23.4 Å². The van der Waals surface area contributed by atoms with Crippen LogP contribution in [0.5, 0.6) is 0 Å². The molecule has 0 unspecified atom stereocenters. The van der Waals surface area contributed by atoms with E-state index >= 15 is 0 Å². The molecule has 0 radical (unpaired) electrons. The third-order valence-corrected chi connectivity index (χ3v) is 4.48. The van der Waals surface area contributed by atoms with Crippen molar-refractivity contribution in [2.45, 2.75) is 66.6 Å². The van der Waals surface area contributed by atoms with Crippen molar-refractivity contribution in [3.8, 4) is 0 Å². The highest BCUT2D eigenvalue weighted by Crippen LogP contribution is 2.26. The molecule has 6 heteroatoms. The zero-order valence-corrected chi connectivity index (χ0v) is 18.1. The van der Waals surface area contributed by atoms with Crippen LogP contribution in [0.15, 0.2) is 18.2 Å². The number of hydrogen-bond donors (Lipinski definition) is 2. The summed E-state index contributed by atoms with van der Waals surface area (Å²) in [5.41, 5.74) is 2.76. The number of carbonyl (C=O) groups is 2. The first-order valence-corrected chi connectivity index (χ1v) is 9.75. The van der Waals surface area contributed by atoms with E-state index < -0.39 is 0 Å². The molecule has 0 saturated heterocycles. The van der Waals surface area contributed by atoms with Crippen molar-refractivity contribution in [3.05, 3.63) is 23.8 Å². The van der Waals surface area contributed by atoms with E-state index in [1.54, 1.807) is 0 Å². The molecule has 0 aliphatic carbocycles. The Hall–Kier alpha value is -2.24. The van der Waals surface area contributed by atoms with Crippen LogP contribution in [0.2, 0.25) is 0 Å². The number of carbonyl (C=O) groups excluding carboxylic acids is 2. The van der Waals surface area contributed by atoms with Crippen LogP contribution in [0.4, 0.5) is 16.2 Å². The second kappa shape index (κ2) is 10.2. The van der Waals surface area contributed by atoms with Crippen LogP contribution in [-0.4, -0.2) is 43.0 Å². The monoisotopic (exact) mass is 376 g/mol. The minimum Gasteiger partial charge on any atom is -0.377 e. The molecule has 27 heavy (non-hydrogen) atoms. The molecule has 2 N–H and O–H groups in total. The molecule has 0 bridgehead atoms. The normalized spacial score (nSPS) is 12.1. The zero-order chi connectivity index (χ0) is 20.7. The molecule has 1 rings (SSSR count). The molecule has 3 amide bonds. The number of urea groups is 1. The number of benzene rings is 1. The molecule has 6 nitrogen and oxygen atoms in total. The van der Waals surface area contributed by atoms with Gasteiger partial charge in [-0.1, -0.05) is 20.8 Å². The Labute approximate surface area is 164 Å². The summed E-state index contributed by atoms with van der Waals surface area (Å²) >= 11 is 0. The van der Waals surface area contributed by atoms with Crippen LogP contribution in [-0.2, 0) is 11.3 Å². The summed E-state index contributed by atoms with van der Waals surface area (Å²) in [7, 11) is 3.96. The maximum Gasteiger partial charge on any atom is 0.319 e. The minimum atomic E-state index is -0.231. The first-order valence-electron chi connectivity index (χ1n) is 9.75. The van der Waals surface area contributed by atoms with Gasteiger partial charge in [0.1, 0.15) is 0 Å². The number of rotatable bonds is 8. The quantitative estimate of drug-likeness (QED) is 0.719. The fourth-order valence-electron chi connectivity index (χ4n) is 2.84. The van der Waals surface area contributed by atoms with Gasteiger partial charge in [-0.15, -0.1) is 0 Å². The van der Waals surface area contributed by atoms with Crippen molar-refractivity contribution in [2.24, 2.45) is 5.92 Å². The highest BCUT2D eigenvalue weighted by molar-refractivity contribution is 5.90. The molecule has 1 aromatic rings. The molecule has 0 aromatic heterocycles. The second-order valence-corrected chi connectivity index (χ2v) is 7.87. The van der Waals surface area contributed by atoms with Gasteiger partial charge < -0.3 is 20.4 Å². The molecule has 0 aliphatic heterocycles. The largest absolute Gasteiger partial charge is 0.377 e. The first-order chi connectivity index (χ1) is 12.6. The van der Waals surface area contributed by atoms with Crippen LogP contribution >= 0.6 is 0 Å². The van der Waals surface area contributed by atoms with E-state index in [2.05, 4.69) is 24.5 Å².